The van der Waals surface area contributed by atoms with Crippen LogP contribution in [0.1, 0.15) is 19.3 Å². The molecule has 0 aromatic heterocycles. The summed E-state index contributed by atoms with van der Waals surface area (Å²) in [5, 5.41) is 0. The number of hydrogen-bond acceptors (Lipinski definition) is 3. The maximum absolute atomic E-state index is 5.85. The summed E-state index contributed by atoms with van der Waals surface area (Å²) in [5.41, 5.74) is 0. The molecule has 4 nitrogen and oxygen atoms in total. The average Bonchev–Trinajstić information content (AvgIpc) is 2.45. The van der Waals surface area contributed by atoms with Gasteiger partial charge >= 0.3 is 0 Å². The van der Waals surface area contributed by atoms with Gasteiger partial charge in [0.05, 0.1) is 34.3 Å². The van der Waals surface area contributed by atoms with Gasteiger partial charge in [0.25, 0.3) is 0 Å². The Morgan fingerprint density at radius 1 is 1.09 bits per heavy atom. The highest BCUT2D eigenvalue weighted by atomic mass is 79.9. The molecular formula is C17H28BrNO3. The Morgan fingerprint density at radius 3 is 2.55 bits per heavy atom. The Balaban J connectivity index is 0.00000242. The molecule has 22 heavy (non-hydrogen) atoms. The molecule has 0 amide bonds. The van der Waals surface area contributed by atoms with Gasteiger partial charge in [-0.15, -0.1) is 0 Å². The van der Waals surface area contributed by atoms with Crippen LogP contribution in [0.4, 0.5) is 0 Å². The van der Waals surface area contributed by atoms with Crippen molar-refractivity contribution in [1.82, 2.24) is 0 Å². The molecule has 1 aromatic rings. The van der Waals surface area contributed by atoms with Crippen LogP contribution in [0.15, 0.2) is 24.3 Å². The molecule has 1 aliphatic heterocycles. The van der Waals surface area contributed by atoms with E-state index in [0.717, 1.165) is 29.0 Å². The van der Waals surface area contributed by atoms with Crippen molar-refractivity contribution in [1.29, 1.82) is 0 Å². The van der Waals surface area contributed by atoms with Crippen LogP contribution in [0, 0.1) is 0 Å². The molecule has 1 heterocycles. The van der Waals surface area contributed by atoms with Gasteiger partial charge in [-0.05, 0) is 31.4 Å². The van der Waals surface area contributed by atoms with Gasteiger partial charge in [-0.2, -0.15) is 0 Å². The quantitative estimate of drug-likeness (QED) is 0.463. The minimum absolute atomic E-state index is 0. The second-order valence-electron chi connectivity index (χ2n) is 6.65. The minimum atomic E-state index is 0. The Bertz CT molecular complexity index is 434. The first-order chi connectivity index (χ1) is 10.0. The predicted molar refractivity (Wildman–Crippen MR) is 83.9 cm³/mol. The van der Waals surface area contributed by atoms with Crippen molar-refractivity contribution >= 4 is 0 Å². The van der Waals surface area contributed by atoms with E-state index in [0.29, 0.717) is 13.2 Å². The van der Waals surface area contributed by atoms with Crippen LogP contribution in [0.2, 0.25) is 0 Å². The van der Waals surface area contributed by atoms with Crippen LogP contribution in [-0.4, -0.2) is 58.1 Å². The van der Waals surface area contributed by atoms with E-state index in [4.69, 9.17) is 14.2 Å². The third kappa shape index (κ3) is 6.99. The number of rotatable bonds is 8. The minimum Gasteiger partial charge on any atom is -1.00 e. The van der Waals surface area contributed by atoms with Crippen molar-refractivity contribution < 1.29 is 35.7 Å². The zero-order chi connectivity index (χ0) is 15.1. The summed E-state index contributed by atoms with van der Waals surface area (Å²) in [5.74, 6) is 1.65. The van der Waals surface area contributed by atoms with Gasteiger partial charge in [-0.25, -0.2) is 0 Å². The third-order valence-electron chi connectivity index (χ3n) is 3.49. The van der Waals surface area contributed by atoms with Gasteiger partial charge in [0, 0.05) is 6.61 Å². The number of unbranched alkanes of at least 4 members (excludes halogenated alkanes) is 2. The third-order valence-corrected chi connectivity index (χ3v) is 3.49. The fraction of sp³-hybridized carbons (Fsp3) is 0.647. The van der Waals surface area contributed by atoms with Gasteiger partial charge in [0.15, 0.2) is 17.6 Å². The maximum Gasteiger partial charge on any atom is 0.161 e. The molecule has 0 radical (unpaired) electrons. The smallest absolute Gasteiger partial charge is 0.161 e. The maximum atomic E-state index is 5.85. The second-order valence-corrected chi connectivity index (χ2v) is 6.65. The number of nitrogens with zero attached hydrogens (tertiary/aromatic N) is 1. The second kappa shape index (κ2) is 9.38. The molecule has 2 rings (SSSR count). The molecule has 0 spiro atoms. The molecular weight excluding hydrogens is 346 g/mol. The van der Waals surface area contributed by atoms with E-state index in [-0.39, 0.29) is 23.1 Å². The molecule has 1 aliphatic rings. The first-order valence-corrected chi connectivity index (χ1v) is 7.81. The summed E-state index contributed by atoms with van der Waals surface area (Å²) in [4.78, 5) is 0. The van der Waals surface area contributed by atoms with Crippen LogP contribution in [0.25, 0.3) is 0 Å². The normalized spacial score (nSPS) is 17.0. The van der Waals surface area contributed by atoms with Crippen molar-refractivity contribution in [2.45, 2.75) is 25.4 Å². The lowest BCUT2D eigenvalue weighted by Crippen LogP contribution is -3.00. The highest BCUT2D eigenvalue weighted by molar-refractivity contribution is 5.40. The highest BCUT2D eigenvalue weighted by Crippen LogP contribution is 2.30. The number of hydrogen-bond donors (Lipinski definition) is 0. The van der Waals surface area contributed by atoms with E-state index in [1.165, 1.54) is 19.4 Å². The summed E-state index contributed by atoms with van der Waals surface area (Å²) in [6, 6.07) is 7.78. The number of benzene rings is 1. The van der Waals surface area contributed by atoms with Gasteiger partial charge in [-0.1, -0.05) is 12.1 Å². The molecule has 0 fully saturated rings. The SMILES string of the molecule is C[N+](C)(C)CCCCCOCC1COc2ccccc2O1.[Br-]. The van der Waals surface area contributed by atoms with E-state index >= 15 is 0 Å². The van der Waals surface area contributed by atoms with E-state index in [9.17, 15) is 0 Å². The van der Waals surface area contributed by atoms with E-state index in [2.05, 4.69) is 21.1 Å². The van der Waals surface area contributed by atoms with E-state index in [1.807, 2.05) is 24.3 Å². The highest BCUT2D eigenvalue weighted by Gasteiger charge is 2.20. The fourth-order valence-corrected chi connectivity index (χ4v) is 2.33. The van der Waals surface area contributed by atoms with Crippen LogP contribution >= 0.6 is 0 Å². The Hall–Kier alpha value is -0.780. The largest absolute Gasteiger partial charge is 1.00 e. The van der Waals surface area contributed by atoms with Crippen molar-refractivity contribution in [2.75, 3.05) is 47.5 Å². The summed E-state index contributed by atoms with van der Waals surface area (Å²) in [6.45, 7) is 3.19. The molecule has 1 unspecified atom stereocenters. The molecule has 126 valence electrons. The summed E-state index contributed by atoms with van der Waals surface area (Å²) >= 11 is 0. The Morgan fingerprint density at radius 2 is 1.82 bits per heavy atom. The van der Waals surface area contributed by atoms with Gasteiger partial charge < -0.3 is 35.7 Å². The number of ether oxygens (including phenoxy) is 3. The lowest BCUT2D eigenvalue weighted by atomic mass is 10.2. The van der Waals surface area contributed by atoms with Crippen molar-refractivity contribution in [3.63, 3.8) is 0 Å². The van der Waals surface area contributed by atoms with Crippen molar-refractivity contribution in [2.24, 2.45) is 0 Å². The van der Waals surface area contributed by atoms with Crippen molar-refractivity contribution in [3.05, 3.63) is 24.3 Å². The number of para-hydroxylation sites is 2. The van der Waals surface area contributed by atoms with Crippen LogP contribution in [0.3, 0.4) is 0 Å². The van der Waals surface area contributed by atoms with Gasteiger partial charge in [0.1, 0.15) is 6.61 Å². The van der Waals surface area contributed by atoms with Crippen molar-refractivity contribution in [3.8, 4) is 11.5 Å². The number of halogens is 1. The summed E-state index contributed by atoms with van der Waals surface area (Å²) in [6.07, 6.45) is 3.60. The van der Waals surface area contributed by atoms with E-state index < -0.39 is 0 Å². The first kappa shape index (κ1) is 19.3. The fourth-order valence-electron chi connectivity index (χ4n) is 2.33. The monoisotopic (exact) mass is 373 g/mol. The van der Waals surface area contributed by atoms with Gasteiger partial charge in [0.2, 0.25) is 0 Å². The van der Waals surface area contributed by atoms with Crippen LogP contribution < -0.4 is 26.5 Å². The molecule has 0 aliphatic carbocycles. The summed E-state index contributed by atoms with van der Waals surface area (Å²) < 4.78 is 18.3. The zero-order valence-corrected chi connectivity index (χ0v) is 15.5. The first-order valence-electron chi connectivity index (χ1n) is 7.81. The lowest BCUT2D eigenvalue weighted by molar-refractivity contribution is -0.870. The Kier molecular flexibility index (Phi) is 8.21. The summed E-state index contributed by atoms with van der Waals surface area (Å²) in [7, 11) is 6.69. The zero-order valence-electron chi connectivity index (χ0n) is 13.9. The molecule has 1 atom stereocenters. The van der Waals surface area contributed by atoms with Crippen LogP contribution in [-0.2, 0) is 4.74 Å². The number of fused-ring (bicyclic) bond motifs is 1. The Labute approximate surface area is 144 Å². The molecule has 0 N–H and O–H groups in total. The lowest BCUT2D eigenvalue weighted by Gasteiger charge is -2.26. The molecule has 1 aromatic carbocycles. The predicted octanol–water partition coefficient (Wildman–Crippen LogP) is -0.276. The molecule has 0 saturated carbocycles. The van der Waals surface area contributed by atoms with Gasteiger partial charge in [-0.3, -0.25) is 0 Å². The number of quaternary nitrogens is 1. The van der Waals surface area contributed by atoms with E-state index in [1.54, 1.807) is 0 Å². The molecule has 0 saturated heterocycles. The molecule has 5 heteroatoms. The topological polar surface area (TPSA) is 27.7 Å². The molecule has 0 bridgehead atoms. The standard InChI is InChI=1S/C17H28NO3.BrH/c1-18(2,3)11-7-4-8-12-19-13-15-14-20-16-9-5-6-10-17(16)21-15;/h5-6,9-10,15H,4,7-8,11-14H2,1-3H3;1H/q+1;/p-1. The average molecular weight is 374 g/mol. The van der Waals surface area contributed by atoms with Crippen LogP contribution in [0.5, 0.6) is 11.5 Å².